The molecule has 2 aliphatic rings. The maximum Gasteiger partial charge on any atom is 0.317 e. The van der Waals surface area contributed by atoms with Crippen LogP contribution in [0.15, 0.2) is 12.2 Å². The second-order valence-electron chi connectivity index (χ2n) is 5.68. The van der Waals surface area contributed by atoms with Crippen LogP contribution < -0.4 is 5.32 Å². The molecule has 0 bridgehead atoms. The SMILES string of the molecule is CC(=O)N1CCCN(C(=O)NCC2CC=CCC2)CC1. The van der Waals surface area contributed by atoms with Crippen molar-refractivity contribution in [2.24, 2.45) is 5.92 Å². The fraction of sp³-hybridized carbons (Fsp3) is 0.733. The van der Waals surface area contributed by atoms with E-state index in [4.69, 9.17) is 0 Å². The third-order valence-corrected chi connectivity index (χ3v) is 4.15. The molecule has 20 heavy (non-hydrogen) atoms. The Labute approximate surface area is 121 Å². The maximum atomic E-state index is 12.2. The zero-order valence-electron chi connectivity index (χ0n) is 12.3. The number of amides is 3. The van der Waals surface area contributed by atoms with E-state index >= 15 is 0 Å². The Hall–Kier alpha value is -1.52. The molecule has 3 amide bonds. The van der Waals surface area contributed by atoms with Gasteiger partial charge in [-0.15, -0.1) is 0 Å². The summed E-state index contributed by atoms with van der Waals surface area (Å²) in [5.74, 6) is 0.672. The zero-order chi connectivity index (χ0) is 14.4. The number of hydrogen-bond acceptors (Lipinski definition) is 2. The Morgan fingerprint density at radius 1 is 1.15 bits per heavy atom. The fourth-order valence-corrected chi connectivity index (χ4v) is 2.82. The summed E-state index contributed by atoms with van der Waals surface area (Å²) in [6.45, 7) is 5.13. The van der Waals surface area contributed by atoms with E-state index in [-0.39, 0.29) is 11.9 Å². The molecule has 5 heteroatoms. The molecule has 112 valence electrons. The van der Waals surface area contributed by atoms with E-state index in [1.807, 2.05) is 9.80 Å². The molecule has 1 atom stereocenters. The van der Waals surface area contributed by atoms with Gasteiger partial charge in [-0.1, -0.05) is 12.2 Å². The van der Waals surface area contributed by atoms with E-state index in [1.165, 1.54) is 0 Å². The minimum Gasteiger partial charge on any atom is -0.341 e. The molecule has 0 radical (unpaired) electrons. The number of nitrogens with one attached hydrogen (secondary N) is 1. The summed E-state index contributed by atoms with van der Waals surface area (Å²) in [5.41, 5.74) is 0. The van der Waals surface area contributed by atoms with Crippen molar-refractivity contribution in [2.45, 2.75) is 32.6 Å². The lowest BCUT2D eigenvalue weighted by Crippen LogP contribution is -2.44. The Kier molecular flexibility index (Phi) is 5.44. The largest absolute Gasteiger partial charge is 0.341 e. The van der Waals surface area contributed by atoms with Crippen LogP contribution in [-0.2, 0) is 4.79 Å². The highest BCUT2D eigenvalue weighted by Gasteiger charge is 2.20. The van der Waals surface area contributed by atoms with Gasteiger partial charge in [-0.05, 0) is 31.6 Å². The summed E-state index contributed by atoms with van der Waals surface area (Å²) in [7, 11) is 0. The molecule has 1 aliphatic carbocycles. The predicted molar refractivity (Wildman–Crippen MR) is 78.3 cm³/mol. The van der Waals surface area contributed by atoms with E-state index in [9.17, 15) is 9.59 Å². The van der Waals surface area contributed by atoms with Crippen LogP contribution in [0.5, 0.6) is 0 Å². The van der Waals surface area contributed by atoms with Crippen LogP contribution in [-0.4, -0.2) is 54.5 Å². The molecule has 0 aromatic carbocycles. The average Bonchev–Trinajstić information content (AvgIpc) is 2.72. The molecule has 0 aromatic rings. The average molecular weight is 279 g/mol. The molecule has 1 heterocycles. The standard InChI is InChI=1S/C15H25N3O2/c1-13(19)17-8-5-9-18(11-10-17)15(20)16-12-14-6-3-2-4-7-14/h2-3,14H,4-12H2,1H3,(H,16,20). The predicted octanol–water partition coefficient (Wildman–Crippen LogP) is 1.61. The molecular formula is C15H25N3O2. The number of hydrogen-bond donors (Lipinski definition) is 1. The minimum atomic E-state index is 0.0185. The van der Waals surface area contributed by atoms with Gasteiger partial charge in [0.1, 0.15) is 0 Å². The summed E-state index contributed by atoms with van der Waals surface area (Å²) in [6, 6.07) is 0.0185. The second-order valence-corrected chi connectivity index (χ2v) is 5.68. The maximum absolute atomic E-state index is 12.2. The van der Waals surface area contributed by atoms with Crippen LogP contribution in [0.4, 0.5) is 4.79 Å². The molecule has 2 rings (SSSR count). The zero-order valence-corrected chi connectivity index (χ0v) is 12.3. The molecule has 1 unspecified atom stereocenters. The number of carbonyl (C=O) groups is 2. The van der Waals surface area contributed by atoms with Gasteiger partial charge in [-0.2, -0.15) is 0 Å². The van der Waals surface area contributed by atoms with E-state index < -0.39 is 0 Å². The van der Waals surface area contributed by atoms with E-state index in [0.29, 0.717) is 19.0 Å². The number of allylic oxidation sites excluding steroid dienone is 2. The first-order chi connectivity index (χ1) is 9.66. The van der Waals surface area contributed by atoms with Crippen molar-refractivity contribution >= 4 is 11.9 Å². The van der Waals surface area contributed by atoms with Crippen LogP contribution >= 0.6 is 0 Å². The topological polar surface area (TPSA) is 52.7 Å². The Morgan fingerprint density at radius 3 is 2.60 bits per heavy atom. The van der Waals surface area contributed by atoms with Gasteiger partial charge in [0.25, 0.3) is 0 Å². The highest BCUT2D eigenvalue weighted by molar-refractivity contribution is 5.75. The molecule has 1 N–H and O–H groups in total. The molecular weight excluding hydrogens is 254 g/mol. The molecule has 1 aliphatic heterocycles. The van der Waals surface area contributed by atoms with Crippen molar-refractivity contribution in [2.75, 3.05) is 32.7 Å². The van der Waals surface area contributed by atoms with Crippen molar-refractivity contribution in [3.05, 3.63) is 12.2 Å². The van der Waals surface area contributed by atoms with Crippen molar-refractivity contribution < 1.29 is 9.59 Å². The van der Waals surface area contributed by atoms with Gasteiger partial charge in [0, 0.05) is 39.6 Å². The van der Waals surface area contributed by atoms with Gasteiger partial charge in [-0.3, -0.25) is 4.79 Å². The Balaban J connectivity index is 1.74. The quantitative estimate of drug-likeness (QED) is 0.781. The third kappa shape index (κ3) is 4.25. The molecule has 1 saturated heterocycles. The van der Waals surface area contributed by atoms with Gasteiger partial charge in [0.05, 0.1) is 0 Å². The first-order valence-corrected chi connectivity index (χ1v) is 7.60. The first-order valence-electron chi connectivity index (χ1n) is 7.60. The third-order valence-electron chi connectivity index (χ3n) is 4.15. The number of nitrogens with zero attached hydrogens (tertiary/aromatic N) is 2. The summed E-state index contributed by atoms with van der Waals surface area (Å²) in [6.07, 6.45) is 8.63. The van der Waals surface area contributed by atoms with Gasteiger partial charge < -0.3 is 15.1 Å². The lowest BCUT2D eigenvalue weighted by molar-refractivity contribution is -0.128. The summed E-state index contributed by atoms with van der Waals surface area (Å²) in [4.78, 5) is 27.2. The molecule has 0 saturated carbocycles. The lowest BCUT2D eigenvalue weighted by atomic mass is 9.94. The normalized spacial score (nSPS) is 23.4. The first kappa shape index (κ1) is 14.9. The Bertz CT molecular complexity index is 381. The molecule has 0 aromatic heterocycles. The Morgan fingerprint density at radius 2 is 1.90 bits per heavy atom. The van der Waals surface area contributed by atoms with Crippen LogP contribution in [0.2, 0.25) is 0 Å². The van der Waals surface area contributed by atoms with Crippen LogP contribution in [0.1, 0.15) is 32.6 Å². The van der Waals surface area contributed by atoms with Gasteiger partial charge in [-0.25, -0.2) is 4.79 Å². The summed E-state index contributed by atoms with van der Waals surface area (Å²) in [5, 5.41) is 3.04. The summed E-state index contributed by atoms with van der Waals surface area (Å²) < 4.78 is 0. The van der Waals surface area contributed by atoms with E-state index in [2.05, 4.69) is 17.5 Å². The number of urea groups is 1. The molecule has 0 spiro atoms. The van der Waals surface area contributed by atoms with E-state index in [1.54, 1.807) is 6.92 Å². The smallest absolute Gasteiger partial charge is 0.317 e. The summed E-state index contributed by atoms with van der Waals surface area (Å²) >= 11 is 0. The number of rotatable bonds is 2. The lowest BCUT2D eigenvalue weighted by Gasteiger charge is -2.24. The second kappa shape index (κ2) is 7.31. The van der Waals surface area contributed by atoms with Crippen LogP contribution in [0, 0.1) is 5.92 Å². The van der Waals surface area contributed by atoms with Crippen molar-refractivity contribution in [1.82, 2.24) is 15.1 Å². The van der Waals surface area contributed by atoms with E-state index in [0.717, 1.165) is 45.3 Å². The van der Waals surface area contributed by atoms with Gasteiger partial charge in [0.2, 0.25) is 5.91 Å². The number of carbonyl (C=O) groups excluding carboxylic acids is 2. The van der Waals surface area contributed by atoms with Gasteiger partial charge >= 0.3 is 6.03 Å². The fourth-order valence-electron chi connectivity index (χ4n) is 2.82. The van der Waals surface area contributed by atoms with Crippen molar-refractivity contribution in [3.63, 3.8) is 0 Å². The molecule has 1 fully saturated rings. The van der Waals surface area contributed by atoms with Gasteiger partial charge in [0.15, 0.2) is 0 Å². The van der Waals surface area contributed by atoms with Crippen molar-refractivity contribution in [3.8, 4) is 0 Å². The monoisotopic (exact) mass is 279 g/mol. The molecule has 5 nitrogen and oxygen atoms in total. The minimum absolute atomic E-state index is 0.0185. The van der Waals surface area contributed by atoms with Crippen LogP contribution in [0.3, 0.4) is 0 Å². The highest BCUT2D eigenvalue weighted by Crippen LogP contribution is 2.17. The van der Waals surface area contributed by atoms with Crippen LogP contribution in [0.25, 0.3) is 0 Å². The van der Waals surface area contributed by atoms with Crippen molar-refractivity contribution in [1.29, 1.82) is 0 Å². The highest BCUT2D eigenvalue weighted by atomic mass is 16.2.